The number of allylic oxidation sites excluding steroid dienone is 1. The maximum Gasteiger partial charge on any atom is 0.506 e. The van der Waals surface area contributed by atoms with E-state index in [1.165, 1.54) is 12.4 Å². The fourth-order valence-corrected chi connectivity index (χ4v) is 1.00. The van der Waals surface area contributed by atoms with E-state index in [0.29, 0.717) is 5.56 Å². The zero-order valence-electron chi connectivity index (χ0n) is 8.08. The lowest BCUT2D eigenvalue weighted by molar-refractivity contribution is 0.481. The third-order valence-corrected chi connectivity index (χ3v) is 1.82. The average Bonchev–Trinajstić information content (AvgIpc) is 2.09. The van der Waals surface area contributed by atoms with Crippen LogP contribution in [0.15, 0.2) is 29.2 Å². The zero-order chi connectivity index (χ0) is 11.6. The van der Waals surface area contributed by atoms with Crippen molar-refractivity contribution >= 4 is 6.98 Å². The molecule has 0 saturated heterocycles. The summed E-state index contributed by atoms with van der Waals surface area (Å²) in [5, 5.41) is 0. The van der Waals surface area contributed by atoms with Crippen molar-refractivity contribution < 1.29 is 12.9 Å². The highest BCUT2D eigenvalue weighted by Crippen LogP contribution is 2.18. The first kappa shape index (κ1) is 11.5. The smallest absolute Gasteiger partial charge is 0.445 e. The Balaban J connectivity index is 2.95. The molecule has 1 aromatic heterocycles. The standard InChI is InChI=1S/C8H9BF3N2O/c1-6-3-13-8(15)14(4-6)5-7(2)9(10,11)12/h3-4H,2,5H2,1H3/q-1. The van der Waals surface area contributed by atoms with Gasteiger partial charge in [0.15, 0.2) is 0 Å². The predicted molar refractivity (Wildman–Crippen MR) is 51.5 cm³/mol. The number of hydrogen-bond acceptors (Lipinski definition) is 2. The van der Waals surface area contributed by atoms with E-state index in [2.05, 4.69) is 11.6 Å². The molecular formula is C8H9BF3N2O-. The molecular weight excluding hydrogens is 208 g/mol. The SMILES string of the molecule is C=C(Cn1cc(C)cnc1=O)[B-](F)(F)F. The number of nitrogens with zero attached hydrogens (tertiary/aromatic N) is 2. The predicted octanol–water partition coefficient (Wildman–Crippen LogP) is 1.49. The number of rotatable bonds is 3. The third-order valence-electron chi connectivity index (χ3n) is 1.82. The van der Waals surface area contributed by atoms with E-state index in [1.807, 2.05) is 0 Å². The minimum absolute atomic E-state index is 0.559. The Morgan fingerprint density at radius 2 is 2.20 bits per heavy atom. The molecule has 0 bridgehead atoms. The highest BCUT2D eigenvalue weighted by Gasteiger charge is 2.26. The molecule has 1 aromatic rings. The van der Waals surface area contributed by atoms with Gasteiger partial charge in [0.05, 0.1) is 0 Å². The van der Waals surface area contributed by atoms with Crippen molar-refractivity contribution in [2.24, 2.45) is 0 Å². The normalized spacial score (nSPS) is 11.5. The Morgan fingerprint density at radius 1 is 1.60 bits per heavy atom. The van der Waals surface area contributed by atoms with Crippen molar-refractivity contribution in [3.63, 3.8) is 0 Å². The molecule has 7 heteroatoms. The van der Waals surface area contributed by atoms with Gasteiger partial charge in [0.2, 0.25) is 0 Å². The highest BCUT2D eigenvalue weighted by atomic mass is 19.4. The van der Waals surface area contributed by atoms with E-state index >= 15 is 0 Å². The van der Waals surface area contributed by atoms with E-state index in [4.69, 9.17) is 0 Å². The van der Waals surface area contributed by atoms with Crippen LogP contribution in [0.2, 0.25) is 0 Å². The van der Waals surface area contributed by atoms with Crippen molar-refractivity contribution in [3.8, 4) is 0 Å². The van der Waals surface area contributed by atoms with Crippen molar-refractivity contribution in [1.82, 2.24) is 9.55 Å². The Morgan fingerprint density at radius 3 is 2.73 bits per heavy atom. The lowest BCUT2D eigenvalue weighted by atomic mass is 9.80. The highest BCUT2D eigenvalue weighted by molar-refractivity contribution is 6.66. The molecule has 0 aliphatic heterocycles. The van der Waals surface area contributed by atoms with Gasteiger partial charge in [-0.3, -0.25) is 4.57 Å². The summed E-state index contributed by atoms with van der Waals surface area (Å²) in [5.41, 5.74) is -0.997. The van der Waals surface area contributed by atoms with Crippen molar-refractivity contribution in [1.29, 1.82) is 0 Å². The summed E-state index contributed by atoms with van der Waals surface area (Å²) in [4.78, 5) is 14.5. The topological polar surface area (TPSA) is 34.9 Å². The van der Waals surface area contributed by atoms with E-state index in [-0.39, 0.29) is 0 Å². The van der Waals surface area contributed by atoms with E-state index in [0.717, 1.165) is 4.57 Å². The molecule has 0 spiro atoms. The maximum atomic E-state index is 12.2. The second kappa shape index (κ2) is 3.92. The van der Waals surface area contributed by atoms with Gasteiger partial charge >= 0.3 is 12.7 Å². The number of halogens is 3. The molecule has 1 rings (SSSR count). The summed E-state index contributed by atoms with van der Waals surface area (Å²) in [6.45, 7) is -1.11. The summed E-state index contributed by atoms with van der Waals surface area (Å²) < 4.78 is 37.5. The van der Waals surface area contributed by atoms with Gasteiger partial charge in [-0.1, -0.05) is 0 Å². The largest absolute Gasteiger partial charge is 0.506 e. The second-order valence-electron chi connectivity index (χ2n) is 3.27. The molecule has 0 radical (unpaired) electrons. The summed E-state index contributed by atoms with van der Waals surface area (Å²) in [6.07, 6.45) is 2.63. The van der Waals surface area contributed by atoms with Crippen LogP contribution in [0.4, 0.5) is 12.9 Å². The molecule has 3 nitrogen and oxygen atoms in total. The van der Waals surface area contributed by atoms with E-state index in [1.54, 1.807) is 6.92 Å². The Bertz CT molecular complexity index is 438. The van der Waals surface area contributed by atoms with Gasteiger partial charge in [-0.05, 0) is 12.5 Å². The third kappa shape index (κ3) is 2.97. The van der Waals surface area contributed by atoms with Crippen LogP contribution >= 0.6 is 0 Å². The minimum atomic E-state index is -5.11. The molecule has 0 N–H and O–H groups in total. The molecule has 15 heavy (non-hydrogen) atoms. The van der Waals surface area contributed by atoms with Crippen LogP contribution in [-0.2, 0) is 6.54 Å². The van der Waals surface area contributed by atoms with Crippen LogP contribution < -0.4 is 5.69 Å². The van der Waals surface area contributed by atoms with Gasteiger partial charge < -0.3 is 12.9 Å². The molecule has 82 valence electrons. The molecule has 0 aliphatic rings. The molecule has 0 fully saturated rings. The van der Waals surface area contributed by atoms with Gasteiger partial charge in [0.25, 0.3) is 0 Å². The fraction of sp³-hybridized carbons (Fsp3) is 0.250. The molecule has 0 saturated carbocycles. The second-order valence-corrected chi connectivity index (χ2v) is 3.27. The van der Waals surface area contributed by atoms with Gasteiger partial charge in [0.1, 0.15) is 0 Å². The number of aromatic nitrogens is 2. The van der Waals surface area contributed by atoms with Gasteiger partial charge in [-0.15, -0.1) is 12.1 Å². The molecule has 0 aromatic carbocycles. The molecule has 1 heterocycles. The maximum absolute atomic E-state index is 12.2. The van der Waals surface area contributed by atoms with E-state index < -0.39 is 24.7 Å². The Hall–Kier alpha value is -1.53. The van der Waals surface area contributed by atoms with Crippen LogP contribution in [0.5, 0.6) is 0 Å². The van der Waals surface area contributed by atoms with Gasteiger partial charge in [-0.2, -0.15) is 0 Å². The van der Waals surface area contributed by atoms with Crippen LogP contribution in [0, 0.1) is 6.92 Å². The lowest BCUT2D eigenvalue weighted by Gasteiger charge is -2.18. The summed E-state index contributed by atoms with van der Waals surface area (Å²) >= 11 is 0. The average molecular weight is 217 g/mol. The molecule has 0 aliphatic carbocycles. The van der Waals surface area contributed by atoms with Crippen molar-refractivity contribution in [3.05, 3.63) is 40.5 Å². The van der Waals surface area contributed by atoms with Crippen LogP contribution in [0.25, 0.3) is 0 Å². The van der Waals surface area contributed by atoms with Gasteiger partial charge in [0, 0.05) is 18.9 Å². The molecule has 0 amide bonds. The Labute approximate surface area is 84.3 Å². The monoisotopic (exact) mass is 217 g/mol. The van der Waals surface area contributed by atoms with Crippen LogP contribution in [-0.4, -0.2) is 16.5 Å². The first-order chi connectivity index (χ1) is 6.80. The van der Waals surface area contributed by atoms with Crippen molar-refractivity contribution in [2.45, 2.75) is 13.5 Å². The van der Waals surface area contributed by atoms with Crippen LogP contribution in [0.1, 0.15) is 5.56 Å². The Kier molecular flexibility index (Phi) is 3.02. The summed E-state index contributed by atoms with van der Waals surface area (Å²) in [5.74, 6) is 0. The lowest BCUT2D eigenvalue weighted by Crippen LogP contribution is -2.29. The number of aryl methyl sites for hydroxylation is 1. The number of hydrogen-bond donors (Lipinski definition) is 0. The minimum Gasteiger partial charge on any atom is -0.445 e. The quantitative estimate of drug-likeness (QED) is 0.719. The summed E-state index contributed by atoms with van der Waals surface area (Å²) in [7, 11) is 0. The summed E-state index contributed by atoms with van der Waals surface area (Å²) in [6, 6.07) is 0. The fourth-order valence-electron chi connectivity index (χ4n) is 1.00. The zero-order valence-corrected chi connectivity index (χ0v) is 8.08. The molecule has 0 atom stereocenters. The first-order valence-corrected chi connectivity index (χ1v) is 4.21. The van der Waals surface area contributed by atoms with Crippen LogP contribution in [0.3, 0.4) is 0 Å². The van der Waals surface area contributed by atoms with Gasteiger partial charge in [-0.25, -0.2) is 9.78 Å². The van der Waals surface area contributed by atoms with Crippen molar-refractivity contribution in [2.75, 3.05) is 0 Å². The first-order valence-electron chi connectivity index (χ1n) is 4.21. The van der Waals surface area contributed by atoms with E-state index in [9.17, 15) is 17.7 Å². The molecule has 0 unspecified atom stereocenters.